The van der Waals surface area contributed by atoms with E-state index in [1.165, 1.54) is 0 Å². The molecule has 82 valence electrons. The second-order valence-corrected chi connectivity index (χ2v) is 2.75. The van der Waals surface area contributed by atoms with E-state index in [-0.39, 0.29) is 6.61 Å². The quantitative estimate of drug-likeness (QED) is 0.379. The molecule has 0 aliphatic carbocycles. The summed E-state index contributed by atoms with van der Waals surface area (Å²) in [4.78, 5) is 22.1. The van der Waals surface area contributed by atoms with Crippen molar-refractivity contribution in [2.45, 2.75) is 32.7 Å². The van der Waals surface area contributed by atoms with Crippen molar-refractivity contribution in [1.82, 2.24) is 0 Å². The molecule has 14 heavy (non-hydrogen) atoms. The van der Waals surface area contributed by atoms with Crippen LogP contribution in [0.25, 0.3) is 0 Å². The van der Waals surface area contributed by atoms with Crippen molar-refractivity contribution in [2.75, 3.05) is 13.2 Å². The van der Waals surface area contributed by atoms with E-state index in [0.29, 0.717) is 6.61 Å². The van der Waals surface area contributed by atoms with Gasteiger partial charge in [-0.2, -0.15) is 0 Å². The number of carbonyl (C=O) groups is 2. The minimum Gasteiger partial charge on any atom is -0.464 e. The van der Waals surface area contributed by atoms with Gasteiger partial charge in [0.15, 0.2) is 0 Å². The van der Waals surface area contributed by atoms with E-state index in [9.17, 15) is 9.59 Å². The number of unbranched alkanes of at least 4 members (excludes halogenated alkanes) is 1. The van der Waals surface area contributed by atoms with Gasteiger partial charge in [0.2, 0.25) is 6.04 Å². The minimum atomic E-state index is -1.31. The van der Waals surface area contributed by atoms with Gasteiger partial charge in [-0.3, -0.25) is 0 Å². The van der Waals surface area contributed by atoms with Crippen LogP contribution in [0, 0.1) is 0 Å². The lowest BCUT2D eigenvalue weighted by Gasteiger charge is -2.09. The van der Waals surface area contributed by atoms with Gasteiger partial charge < -0.3 is 15.2 Å². The fraction of sp³-hybridized carbons (Fsp3) is 0.778. The molecule has 1 atom stereocenters. The van der Waals surface area contributed by atoms with E-state index in [4.69, 9.17) is 10.5 Å². The van der Waals surface area contributed by atoms with Gasteiger partial charge in [0, 0.05) is 0 Å². The second-order valence-electron chi connectivity index (χ2n) is 2.75. The van der Waals surface area contributed by atoms with E-state index in [2.05, 4.69) is 4.74 Å². The summed E-state index contributed by atoms with van der Waals surface area (Å²) in [5, 5.41) is 0. The Morgan fingerprint density at radius 1 is 1.21 bits per heavy atom. The first kappa shape index (κ1) is 12.9. The van der Waals surface area contributed by atoms with E-state index in [0.717, 1.165) is 12.8 Å². The molecule has 0 fully saturated rings. The highest BCUT2D eigenvalue weighted by atomic mass is 16.6. The summed E-state index contributed by atoms with van der Waals surface area (Å²) in [7, 11) is 0. The van der Waals surface area contributed by atoms with Gasteiger partial charge in [-0.15, -0.1) is 0 Å². The smallest absolute Gasteiger partial charge is 0.334 e. The maximum atomic E-state index is 11.1. The van der Waals surface area contributed by atoms with Crippen molar-refractivity contribution in [3.05, 3.63) is 0 Å². The van der Waals surface area contributed by atoms with Crippen LogP contribution in [-0.4, -0.2) is 31.2 Å². The Morgan fingerprint density at radius 2 is 1.79 bits per heavy atom. The van der Waals surface area contributed by atoms with Crippen LogP contribution in [0.15, 0.2) is 0 Å². The van der Waals surface area contributed by atoms with Crippen molar-refractivity contribution < 1.29 is 19.1 Å². The molecule has 0 aliphatic heterocycles. The first-order valence-corrected chi connectivity index (χ1v) is 4.72. The Bertz CT molecular complexity index is 193. The van der Waals surface area contributed by atoms with Crippen LogP contribution >= 0.6 is 0 Å². The van der Waals surface area contributed by atoms with Gasteiger partial charge >= 0.3 is 11.9 Å². The summed E-state index contributed by atoms with van der Waals surface area (Å²) < 4.78 is 9.31. The molecule has 5 heteroatoms. The zero-order chi connectivity index (χ0) is 11.0. The summed E-state index contributed by atoms with van der Waals surface area (Å²) in [6, 6.07) is -1.31. The fourth-order valence-electron chi connectivity index (χ4n) is 0.735. The van der Waals surface area contributed by atoms with Crippen molar-refractivity contribution in [3.8, 4) is 0 Å². The number of ether oxygens (including phenoxy) is 2. The molecular weight excluding hydrogens is 186 g/mol. The average Bonchev–Trinajstić information content (AvgIpc) is 2.17. The highest BCUT2D eigenvalue weighted by Gasteiger charge is 2.24. The number of hydrogen-bond donors (Lipinski definition) is 1. The standard InChI is InChI=1S/C9H17NO4/c1-3-5-6-14-9(12)7(10)8(11)13-4-2/h7H,3-6,10H2,1-2H3. The van der Waals surface area contributed by atoms with Crippen molar-refractivity contribution in [2.24, 2.45) is 5.73 Å². The predicted octanol–water partition coefficient (Wildman–Crippen LogP) is 0.220. The van der Waals surface area contributed by atoms with Crippen LogP contribution in [0.2, 0.25) is 0 Å². The van der Waals surface area contributed by atoms with Gasteiger partial charge in [-0.05, 0) is 13.3 Å². The normalized spacial score (nSPS) is 11.9. The molecule has 1 unspecified atom stereocenters. The number of carbonyl (C=O) groups excluding carboxylic acids is 2. The first-order chi connectivity index (χ1) is 6.63. The lowest BCUT2D eigenvalue weighted by Crippen LogP contribution is -2.41. The average molecular weight is 203 g/mol. The van der Waals surface area contributed by atoms with Gasteiger partial charge in [0.25, 0.3) is 0 Å². The molecule has 0 saturated carbocycles. The molecule has 2 N–H and O–H groups in total. The Balaban J connectivity index is 3.80. The molecular formula is C9H17NO4. The molecule has 0 aliphatic rings. The molecule has 0 aromatic carbocycles. The van der Waals surface area contributed by atoms with E-state index in [1.807, 2.05) is 6.92 Å². The second kappa shape index (κ2) is 7.32. The lowest BCUT2D eigenvalue weighted by molar-refractivity contribution is -0.156. The summed E-state index contributed by atoms with van der Waals surface area (Å²) in [5.74, 6) is -1.47. The highest BCUT2D eigenvalue weighted by molar-refractivity contribution is 5.98. The highest BCUT2D eigenvalue weighted by Crippen LogP contribution is 1.93. The Hall–Kier alpha value is -1.10. The molecule has 0 radical (unpaired) electrons. The molecule has 0 rings (SSSR count). The third-order valence-electron chi connectivity index (χ3n) is 1.54. The van der Waals surface area contributed by atoms with Crippen molar-refractivity contribution in [1.29, 1.82) is 0 Å². The molecule has 5 nitrogen and oxygen atoms in total. The fourth-order valence-corrected chi connectivity index (χ4v) is 0.735. The number of hydrogen-bond acceptors (Lipinski definition) is 5. The van der Waals surface area contributed by atoms with Crippen LogP contribution in [0.1, 0.15) is 26.7 Å². The molecule has 0 bridgehead atoms. The SMILES string of the molecule is CCCCOC(=O)C(N)C(=O)OCC. The van der Waals surface area contributed by atoms with Crippen LogP contribution in [0.4, 0.5) is 0 Å². The first-order valence-electron chi connectivity index (χ1n) is 4.72. The Labute approximate surface area is 83.5 Å². The molecule has 0 saturated heterocycles. The molecule has 0 heterocycles. The number of nitrogens with two attached hydrogens (primary N) is 1. The Kier molecular flexibility index (Phi) is 6.74. The van der Waals surface area contributed by atoms with Crippen LogP contribution < -0.4 is 5.73 Å². The lowest BCUT2D eigenvalue weighted by atomic mass is 10.3. The molecule has 0 amide bonds. The van der Waals surface area contributed by atoms with E-state index in [1.54, 1.807) is 6.92 Å². The molecule has 0 spiro atoms. The van der Waals surface area contributed by atoms with Crippen LogP contribution in [0.3, 0.4) is 0 Å². The minimum absolute atomic E-state index is 0.203. The van der Waals surface area contributed by atoms with Gasteiger partial charge in [-0.1, -0.05) is 13.3 Å². The van der Waals surface area contributed by atoms with Crippen molar-refractivity contribution >= 4 is 11.9 Å². The third kappa shape index (κ3) is 4.81. The summed E-state index contributed by atoms with van der Waals surface area (Å²) in [6.07, 6.45) is 1.68. The summed E-state index contributed by atoms with van der Waals surface area (Å²) >= 11 is 0. The zero-order valence-corrected chi connectivity index (χ0v) is 8.62. The van der Waals surface area contributed by atoms with Crippen LogP contribution in [-0.2, 0) is 19.1 Å². The van der Waals surface area contributed by atoms with Gasteiger partial charge in [0.05, 0.1) is 13.2 Å². The van der Waals surface area contributed by atoms with E-state index >= 15 is 0 Å². The maximum absolute atomic E-state index is 11.1. The van der Waals surface area contributed by atoms with Gasteiger partial charge in [0.1, 0.15) is 0 Å². The monoisotopic (exact) mass is 203 g/mol. The third-order valence-corrected chi connectivity index (χ3v) is 1.54. The Morgan fingerprint density at radius 3 is 2.29 bits per heavy atom. The molecule has 0 aromatic rings. The summed E-state index contributed by atoms with van der Waals surface area (Å²) in [6.45, 7) is 4.11. The number of esters is 2. The van der Waals surface area contributed by atoms with E-state index < -0.39 is 18.0 Å². The largest absolute Gasteiger partial charge is 0.464 e. The predicted molar refractivity (Wildman–Crippen MR) is 50.5 cm³/mol. The topological polar surface area (TPSA) is 78.6 Å². The van der Waals surface area contributed by atoms with Gasteiger partial charge in [-0.25, -0.2) is 9.59 Å². The van der Waals surface area contributed by atoms with Crippen molar-refractivity contribution in [3.63, 3.8) is 0 Å². The maximum Gasteiger partial charge on any atom is 0.334 e. The zero-order valence-electron chi connectivity index (χ0n) is 8.62. The number of rotatable bonds is 6. The molecule has 0 aromatic heterocycles. The summed E-state index contributed by atoms with van der Waals surface area (Å²) in [5.41, 5.74) is 5.28. The van der Waals surface area contributed by atoms with Crippen LogP contribution in [0.5, 0.6) is 0 Å².